The van der Waals surface area contributed by atoms with Crippen molar-refractivity contribution in [1.82, 2.24) is 15.5 Å². The molecule has 1 saturated carbocycles. The highest BCUT2D eigenvalue weighted by atomic mass is 16.6. The molecule has 9 heteroatoms. The van der Waals surface area contributed by atoms with E-state index in [9.17, 15) is 19.7 Å². The number of nitro groups is 1. The third kappa shape index (κ3) is 4.04. The molecule has 2 bridgehead atoms. The number of carbonyl (C=O) groups excluding carboxylic acids is 2. The molecule has 4 unspecified atom stereocenters. The van der Waals surface area contributed by atoms with Crippen molar-refractivity contribution in [3.05, 3.63) is 52.1 Å². The summed E-state index contributed by atoms with van der Waals surface area (Å²) in [6.07, 6.45) is 5.73. The number of imide groups is 1. The Bertz CT molecular complexity index is 914. The first-order valence-corrected chi connectivity index (χ1v) is 10.8. The van der Waals surface area contributed by atoms with Crippen molar-refractivity contribution in [1.29, 1.82) is 0 Å². The van der Waals surface area contributed by atoms with Gasteiger partial charge in [0.15, 0.2) is 5.96 Å². The Morgan fingerprint density at radius 3 is 2.48 bits per heavy atom. The quantitative estimate of drug-likeness (QED) is 0.125. The number of amides is 2. The summed E-state index contributed by atoms with van der Waals surface area (Å²) in [5, 5.41) is 17.5. The number of fused-ring (bicyclic) bond motifs is 5. The zero-order valence-corrected chi connectivity index (χ0v) is 17.5. The summed E-state index contributed by atoms with van der Waals surface area (Å²) >= 11 is 0. The van der Waals surface area contributed by atoms with E-state index in [1.165, 1.54) is 11.0 Å². The molecule has 4 rings (SSSR count). The Morgan fingerprint density at radius 1 is 1.16 bits per heavy atom. The minimum absolute atomic E-state index is 0.0242. The maximum absolute atomic E-state index is 12.7. The molecule has 3 aliphatic rings. The van der Waals surface area contributed by atoms with Crippen LogP contribution in [0, 0.1) is 33.8 Å². The molecular weight excluding hydrogens is 398 g/mol. The normalized spacial score (nSPS) is 26.5. The molecule has 2 amide bonds. The standard InChI is InChI=1S/C22H27N5O4/c1-2-23-22(25-13-16-6-3-4-7-17(16)27(30)31)24-10-5-11-26-20(28)18-14-8-9-15(12-14)19(18)21(26)29/h3-4,6-9,14-15,18-19H,2,5,10-13H2,1H3,(H2,23,24,25). The third-order valence-corrected chi connectivity index (χ3v) is 6.35. The number of hydrogen-bond acceptors (Lipinski definition) is 5. The second-order valence-electron chi connectivity index (χ2n) is 8.19. The maximum atomic E-state index is 12.7. The Balaban J connectivity index is 1.30. The number of carbonyl (C=O) groups is 2. The summed E-state index contributed by atoms with van der Waals surface area (Å²) in [5.74, 6) is 0.631. The van der Waals surface area contributed by atoms with Crippen molar-refractivity contribution < 1.29 is 14.5 Å². The molecule has 31 heavy (non-hydrogen) atoms. The van der Waals surface area contributed by atoms with Gasteiger partial charge in [0.1, 0.15) is 0 Å². The summed E-state index contributed by atoms with van der Waals surface area (Å²) in [6.45, 7) is 3.67. The smallest absolute Gasteiger partial charge is 0.274 e. The number of guanidine groups is 1. The van der Waals surface area contributed by atoms with Crippen molar-refractivity contribution in [2.45, 2.75) is 26.3 Å². The number of nitrogens with zero attached hydrogens (tertiary/aromatic N) is 3. The van der Waals surface area contributed by atoms with E-state index in [-0.39, 0.29) is 47.7 Å². The van der Waals surface area contributed by atoms with E-state index in [1.807, 2.05) is 6.92 Å². The number of aliphatic imine (C=N–C) groups is 1. The summed E-state index contributed by atoms with van der Waals surface area (Å²) in [6, 6.07) is 6.53. The molecule has 1 aromatic carbocycles. The Kier molecular flexibility index (Phi) is 6.01. The van der Waals surface area contributed by atoms with Crippen molar-refractivity contribution in [3.63, 3.8) is 0 Å². The van der Waals surface area contributed by atoms with E-state index < -0.39 is 4.92 Å². The highest BCUT2D eigenvalue weighted by molar-refractivity contribution is 6.06. The highest BCUT2D eigenvalue weighted by Crippen LogP contribution is 2.52. The first-order chi connectivity index (χ1) is 15.0. The van der Waals surface area contributed by atoms with Gasteiger partial charge in [-0.25, -0.2) is 4.99 Å². The number of benzene rings is 1. The van der Waals surface area contributed by atoms with Crippen LogP contribution in [-0.2, 0) is 16.1 Å². The molecule has 1 heterocycles. The monoisotopic (exact) mass is 425 g/mol. The Morgan fingerprint density at radius 2 is 1.84 bits per heavy atom. The fourth-order valence-electron chi connectivity index (χ4n) is 4.96. The summed E-state index contributed by atoms with van der Waals surface area (Å²) in [4.78, 5) is 42.1. The molecule has 0 aromatic heterocycles. The molecule has 164 valence electrons. The van der Waals surface area contributed by atoms with Gasteiger partial charge in [0.25, 0.3) is 5.69 Å². The van der Waals surface area contributed by atoms with Crippen LogP contribution in [-0.4, -0.2) is 47.2 Å². The lowest BCUT2D eigenvalue weighted by Crippen LogP contribution is -2.40. The van der Waals surface area contributed by atoms with Gasteiger partial charge < -0.3 is 10.6 Å². The molecule has 2 fully saturated rings. The molecule has 2 N–H and O–H groups in total. The van der Waals surface area contributed by atoms with Crippen LogP contribution in [0.15, 0.2) is 41.4 Å². The van der Waals surface area contributed by atoms with Crippen LogP contribution in [0.2, 0.25) is 0 Å². The maximum Gasteiger partial charge on any atom is 0.274 e. The second-order valence-corrected chi connectivity index (χ2v) is 8.19. The molecule has 4 atom stereocenters. The van der Waals surface area contributed by atoms with Crippen molar-refractivity contribution in [2.24, 2.45) is 28.7 Å². The van der Waals surface area contributed by atoms with Crippen LogP contribution >= 0.6 is 0 Å². The Labute approximate surface area is 180 Å². The number of nitro benzene ring substituents is 1. The van der Waals surface area contributed by atoms with Gasteiger partial charge in [-0.3, -0.25) is 24.6 Å². The first-order valence-electron chi connectivity index (χ1n) is 10.8. The molecule has 1 aliphatic heterocycles. The van der Waals surface area contributed by atoms with Crippen LogP contribution in [0.3, 0.4) is 0 Å². The largest absolute Gasteiger partial charge is 0.357 e. The summed E-state index contributed by atoms with van der Waals surface area (Å²) < 4.78 is 0. The predicted octanol–water partition coefficient (Wildman–Crippen LogP) is 1.85. The number of allylic oxidation sites excluding steroid dienone is 2. The van der Waals surface area contributed by atoms with E-state index in [2.05, 4.69) is 27.8 Å². The lowest BCUT2D eigenvalue weighted by atomic mass is 9.85. The molecule has 0 spiro atoms. The molecule has 2 aliphatic carbocycles. The average molecular weight is 425 g/mol. The summed E-state index contributed by atoms with van der Waals surface area (Å²) in [7, 11) is 0. The number of hydrogen-bond donors (Lipinski definition) is 2. The Hall–Kier alpha value is -3.23. The van der Waals surface area contributed by atoms with Crippen LogP contribution in [0.25, 0.3) is 0 Å². The van der Waals surface area contributed by atoms with E-state index in [0.717, 1.165) is 6.42 Å². The zero-order chi connectivity index (χ0) is 22.0. The molecule has 1 aromatic rings. The van der Waals surface area contributed by atoms with Crippen LogP contribution < -0.4 is 10.6 Å². The number of rotatable bonds is 8. The molecule has 1 saturated heterocycles. The van der Waals surface area contributed by atoms with E-state index >= 15 is 0 Å². The minimum Gasteiger partial charge on any atom is -0.357 e. The van der Waals surface area contributed by atoms with Gasteiger partial charge >= 0.3 is 0 Å². The van der Waals surface area contributed by atoms with Gasteiger partial charge in [-0.1, -0.05) is 30.4 Å². The second kappa shape index (κ2) is 8.87. The average Bonchev–Trinajstić information content (AvgIpc) is 3.44. The van der Waals surface area contributed by atoms with Gasteiger partial charge in [-0.05, 0) is 31.6 Å². The predicted molar refractivity (Wildman–Crippen MR) is 115 cm³/mol. The highest BCUT2D eigenvalue weighted by Gasteiger charge is 2.58. The first kappa shape index (κ1) is 21.0. The van der Waals surface area contributed by atoms with Crippen LogP contribution in [0.5, 0.6) is 0 Å². The van der Waals surface area contributed by atoms with E-state index in [0.29, 0.717) is 37.6 Å². The number of para-hydroxylation sites is 1. The third-order valence-electron chi connectivity index (χ3n) is 6.35. The number of likely N-dealkylation sites (tertiary alicyclic amines) is 1. The topological polar surface area (TPSA) is 117 Å². The van der Waals surface area contributed by atoms with Gasteiger partial charge in [0, 0.05) is 25.7 Å². The lowest BCUT2D eigenvalue weighted by molar-refractivity contribution is -0.385. The molecule has 0 radical (unpaired) electrons. The minimum atomic E-state index is -0.410. The van der Waals surface area contributed by atoms with Crippen LogP contribution in [0.4, 0.5) is 5.69 Å². The molecule has 9 nitrogen and oxygen atoms in total. The SMILES string of the molecule is CCNC(=NCc1ccccc1[N+](=O)[O-])NCCCN1C(=O)C2C3C=CC(C3)C2C1=O. The van der Waals surface area contributed by atoms with Crippen molar-refractivity contribution in [2.75, 3.05) is 19.6 Å². The van der Waals surface area contributed by atoms with Gasteiger partial charge in [0.05, 0.1) is 28.9 Å². The zero-order valence-electron chi connectivity index (χ0n) is 17.5. The van der Waals surface area contributed by atoms with Gasteiger partial charge in [0.2, 0.25) is 11.8 Å². The van der Waals surface area contributed by atoms with Crippen LogP contribution in [0.1, 0.15) is 25.3 Å². The summed E-state index contributed by atoms with van der Waals surface area (Å²) in [5.41, 5.74) is 0.579. The van der Waals surface area contributed by atoms with Crippen molar-refractivity contribution >= 4 is 23.5 Å². The van der Waals surface area contributed by atoms with E-state index in [1.54, 1.807) is 18.2 Å². The van der Waals surface area contributed by atoms with E-state index in [4.69, 9.17) is 0 Å². The van der Waals surface area contributed by atoms with Crippen molar-refractivity contribution in [3.8, 4) is 0 Å². The fraction of sp³-hybridized carbons (Fsp3) is 0.500. The lowest BCUT2D eigenvalue weighted by Gasteiger charge is -2.18. The number of nitrogens with one attached hydrogen (secondary N) is 2. The molecular formula is C22H27N5O4. The van der Waals surface area contributed by atoms with Gasteiger partial charge in [-0.15, -0.1) is 0 Å². The fourth-order valence-corrected chi connectivity index (χ4v) is 4.96. The van der Waals surface area contributed by atoms with Gasteiger partial charge in [-0.2, -0.15) is 0 Å².